The minimum Gasteiger partial charge on any atom is -0.496 e. The van der Waals surface area contributed by atoms with E-state index in [9.17, 15) is 16.8 Å². The summed E-state index contributed by atoms with van der Waals surface area (Å²) in [6.45, 7) is 1.46. The van der Waals surface area contributed by atoms with Gasteiger partial charge in [-0.2, -0.15) is 0 Å². The molecule has 0 aliphatic rings. The van der Waals surface area contributed by atoms with Crippen molar-refractivity contribution in [2.45, 2.75) is 21.3 Å². The van der Waals surface area contributed by atoms with Crippen LogP contribution in [0.5, 0.6) is 5.75 Å². The van der Waals surface area contributed by atoms with Gasteiger partial charge in [0.15, 0.2) is 9.84 Å². The molecule has 29 heavy (non-hydrogen) atoms. The highest BCUT2D eigenvalue weighted by Gasteiger charge is 2.31. The molecule has 154 valence electrons. The second-order valence-electron chi connectivity index (χ2n) is 6.36. The van der Waals surface area contributed by atoms with Crippen LogP contribution in [0.2, 0.25) is 0 Å². The van der Waals surface area contributed by atoms with Gasteiger partial charge in [0.2, 0.25) is 10.0 Å². The molecule has 3 rings (SSSR count). The maximum absolute atomic E-state index is 13.1. The molecule has 0 fully saturated rings. The number of nitrogens with one attached hydrogen (secondary N) is 1. The molecular weight excluding hydrogens is 430 g/mol. The predicted octanol–water partition coefficient (Wildman–Crippen LogP) is 3.56. The molecule has 1 aromatic heterocycles. The van der Waals surface area contributed by atoms with E-state index in [0.717, 1.165) is 11.3 Å². The fourth-order valence-corrected chi connectivity index (χ4v) is 7.03. The Hall–Kier alpha value is -2.20. The summed E-state index contributed by atoms with van der Waals surface area (Å²) in [5.41, 5.74) is 1.19. The van der Waals surface area contributed by atoms with Crippen molar-refractivity contribution in [1.82, 2.24) is 4.72 Å². The minimum absolute atomic E-state index is 0.0520. The monoisotopic (exact) mass is 451 g/mol. The van der Waals surface area contributed by atoms with Crippen molar-refractivity contribution < 1.29 is 21.6 Å². The summed E-state index contributed by atoms with van der Waals surface area (Å²) in [5.74, 6) is 0.575. The van der Waals surface area contributed by atoms with Crippen LogP contribution in [-0.4, -0.2) is 30.5 Å². The van der Waals surface area contributed by atoms with Crippen molar-refractivity contribution in [2.24, 2.45) is 0 Å². The molecule has 0 aliphatic carbocycles. The molecule has 0 amide bonds. The zero-order valence-electron chi connectivity index (χ0n) is 15.9. The Balaban J connectivity index is 1.92. The van der Waals surface area contributed by atoms with Crippen LogP contribution < -0.4 is 9.46 Å². The maximum atomic E-state index is 13.1. The number of thiophene rings is 1. The quantitative estimate of drug-likeness (QED) is 0.566. The third-order valence-electron chi connectivity index (χ3n) is 4.46. The smallest absolute Gasteiger partial charge is 0.240 e. The summed E-state index contributed by atoms with van der Waals surface area (Å²) in [6.07, 6.45) is 0. The molecule has 0 bridgehead atoms. The Kier molecular flexibility index (Phi) is 6.42. The first-order chi connectivity index (χ1) is 13.8. The first-order valence-electron chi connectivity index (χ1n) is 8.72. The van der Waals surface area contributed by atoms with Gasteiger partial charge in [-0.25, -0.2) is 21.6 Å². The maximum Gasteiger partial charge on any atom is 0.240 e. The van der Waals surface area contributed by atoms with Crippen LogP contribution >= 0.6 is 11.3 Å². The standard InChI is InChI=1S/C20H21NO5S3/c1-15-13-17(10-11-18(15)26-2)29(24,25)21-14-19(16-7-4-3-5-8-16)28(22,23)20-9-6-12-27-20/h3-13,19,21H,14H2,1-2H3/t19-/m0/s1. The lowest BCUT2D eigenvalue weighted by molar-refractivity contribution is 0.411. The molecular formula is C20H21NO5S3. The molecule has 0 aliphatic heterocycles. The second kappa shape index (κ2) is 8.66. The number of aryl methyl sites for hydroxylation is 1. The summed E-state index contributed by atoms with van der Waals surface area (Å²) >= 11 is 1.11. The molecule has 9 heteroatoms. The number of sulfonamides is 1. The van der Waals surface area contributed by atoms with Crippen molar-refractivity contribution in [2.75, 3.05) is 13.7 Å². The van der Waals surface area contributed by atoms with Crippen molar-refractivity contribution in [3.05, 3.63) is 77.2 Å². The normalized spacial score (nSPS) is 13.2. The highest BCUT2D eigenvalue weighted by atomic mass is 32.2. The van der Waals surface area contributed by atoms with Crippen molar-refractivity contribution in [3.8, 4) is 5.75 Å². The Labute approximate surface area is 175 Å². The largest absolute Gasteiger partial charge is 0.496 e. The van der Waals surface area contributed by atoms with Crippen LogP contribution in [0.3, 0.4) is 0 Å². The molecule has 0 saturated heterocycles. The molecule has 0 unspecified atom stereocenters. The average Bonchev–Trinajstić information content (AvgIpc) is 3.24. The summed E-state index contributed by atoms with van der Waals surface area (Å²) in [6, 6.07) is 16.3. The van der Waals surface area contributed by atoms with Crippen LogP contribution in [0, 0.1) is 6.92 Å². The third-order valence-corrected chi connectivity index (χ3v) is 9.41. The second-order valence-corrected chi connectivity index (χ2v) is 11.4. The van der Waals surface area contributed by atoms with Crippen LogP contribution in [0.15, 0.2) is 75.1 Å². The van der Waals surface area contributed by atoms with Gasteiger partial charge in [-0.3, -0.25) is 0 Å². The first-order valence-corrected chi connectivity index (χ1v) is 12.6. The van der Waals surface area contributed by atoms with Gasteiger partial charge in [0.05, 0.1) is 12.0 Å². The van der Waals surface area contributed by atoms with Gasteiger partial charge >= 0.3 is 0 Å². The van der Waals surface area contributed by atoms with E-state index in [2.05, 4.69) is 4.72 Å². The van der Waals surface area contributed by atoms with E-state index < -0.39 is 25.1 Å². The number of hydrogen-bond acceptors (Lipinski definition) is 6. The zero-order valence-corrected chi connectivity index (χ0v) is 18.4. The first kappa shape index (κ1) is 21.5. The summed E-state index contributed by atoms with van der Waals surface area (Å²) in [4.78, 5) is 0.0520. The number of sulfone groups is 1. The van der Waals surface area contributed by atoms with Gasteiger partial charge in [-0.1, -0.05) is 36.4 Å². The Morgan fingerprint density at radius 3 is 2.31 bits per heavy atom. The summed E-state index contributed by atoms with van der Waals surface area (Å²) < 4.78 is 59.7. The average molecular weight is 452 g/mol. The number of hydrogen-bond donors (Lipinski definition) is 1. The lowest BCUT2D eigenvalue weighted by atomic mass is 10.1. The van der Waals surface area contributed by atoms with E-state index >= 15 is 0 Å². The molecule has 0 radical (unpaired) electrons. The lowest BCUT2D eigenvalue weighted by Gasteiger charge is -2.18. The molecule has 3 aromatic rings. The van der Waals surface area contributed by atoms with E-state index in [1.54, 1.807) is 54.8 Å². The molecule has 1 heterocycles. The van der Waals surface area contributed by atoms with Gasteiger partial charge < -0.3 is 4.74 Å². The molecule has 0 saturated carbocycles. The topological polar surface area (TPSA) is 89.5 Å². The van der Waals surface area contributed by atoms with Crippen LogP contribution in [0.1, 0.15) is 16.4 Å². The Morgan fingerprint density at radius 2 is 1.72 bits per heavy atom. The molecule has 1 N–H and O–H groups in total. The minimum atomic E-state index is -3.91. The van der Waals surface area contributed by atoms with Crippen LogP contribution in [0.25, 0.3) is 0 Å². The van der Waals surface area contributed by atoms with Gasteiger partial charge in [-0.05, 0) is 47.7 Å². The molecule has 0 spiro atoms. The predicted molar refractivity (Wildman–Crippen MR) is 114 cm³/mol. The molecule has 6 nitrogen and oxygen atoms in total. The molecule has 2 aromatic carbocycles. The van der Waals surface area contributed by atoms with Gasteiger partial charge in [0.25, 0.3) is 0 Å². The van der Waals surface area contributed by atoms with E-state index in [0.29, 0.717) is 16.9 Å². The lowest BCUT2D eigenvalue weighted by Crippen LogP contribution is -2.31. The van der Waals surface area contributed by atoms with Gasteiger partial charge in [0.1, 0.15) is 15.2 Å². The summed E-state index contributed by atoms with van der Waals surface area (Å²) in [5, 5.41) is 0.635. The van der Waals surface area contributed by atoms with Crippen molar-refractivity contribution >= 4 is 31.2 Å². The summed E-state index contributed by atoms with van der Waals surface area (Å²) in [7, 11) is -6.16. The van der Waals surface area contributed by atoms with Crippen molar-refractivity contribution in [3.63, 3.8) is 0 Å². The fourth-order valence-electron chi connectivity index (χ4n) is 2.93. The number of benzene rings is 2. The van der Waals surface area contributed by atoms with E-state index in [1.165, 1.54) is 25.3 Å². The highest BCUT2D eigenvalue weighted by molar-refractivity contribution is 7.93. The number of methoxy groups -OCH3 is 1. The highest BCUT2D eigenvalue weighted by Crippen LogP contribution is 2.31. The molecule has 1 atom stereocenters. The fraction of sp³-hybridized carbons (Fsp3) is 0.200. The van der Waals surface area contributed by atoms with Crippen molar-refractivity contribution in [1.29, 1.82) is 0 Å². The van der Waals surface area contributed by atoms with E-state index in [1.807, 2.05) is 0 Å². The van der Waals surface area contributed by atoms with Crippen LogP contribution in [-0.2, 0) is 19.9 Å². The number of rotatable bonds is 8. The van der Waals surface area contributed by atoms with Crippen LogP contribution in [0.4, 0.5) is 0 Å². The SMILES string of the molecule is COc1ccc(S(=O)(=O)NC[C@@H](c2ccccc2)S(=O)(=O)c2cccs2)cc1C. The number of ether oxygens (including phenoxy) is 1. The Morgan fingerprint density at radius 1 is 1.00 bits per heavy atom. The van der Waals surface area contributed by atoms with E-state index in [4.69, 9.17) is 4.74 Å². The van der Waals surface area contributed by atoms with Gasteiger partial charge in [-0.15, -0.1) is 11.3 Å². The van der Waals surface area contributed by atoms with E-state index in [-0.39, 0.29) is 15.6 Å². The van der Waals surface area contributed by atoms with Gasteiger partial charge in [0, 0.05) is 6.54 Å². The Bertz CT molecular complexity index is 1170. The third kappa shape index (κ3) is 4.69. The zero-order chi connectivity index (χ0) is 21.1.